The van der Waals surface area contributed by atoms with Crippen molar-refractivity contribution in [2.75, 3.05) is 0 Å². The number of Topliss-reactive ketones (excluding diaryl/α,β-unsaturated/α-hetero) is 2. The molecule has 0 aliphatic heterocycles. The van der Waals surface area contributed by atoms with Crippen LogP contribution >= 0.6 is 0 Å². The van der Waals surface area contributed by atoms with Gasteiger partial charge in [0.25, 0.3) is 0 Å². The predicted molar refractivity (Wildman–Crippen MR) is 121 cm³/mol. The largest absolute Gasteiger partial charge is 0.293 e. The normalized spacial score (nSPS) is 31.4. The summed E-state index contributed by atoms with van der Waals surface area (Å²) < 4.78 is 0. The van der Waals surface area contributed by atoms with Gasteiger partial charge in [0.1, 0.15) is 0 Å². The van der Waals surface area contributed by atoms with E-state index in [2.05, 4.69) is 60.7 Å². The van der Waals surface area contributed by atoms with Gasteiger partial charge in [0.2, 0.25) is 0 Å². The van der Waals surface area contributed by atoms with Crippen LogP contribution in [0.25, 0.3) is 21.5 Å². The third-order valence-electron chi connectivity index (χ3n) is 8.68. The lowest BCUT2D eigenvalue weighted by Gasteiger charge is -2.46. The summed E-state index contributed by atoms with van der Waals surface area (Å²) in [5.41, 5.74) is 1.95. The van der Waals surface area contributed by atoms with Crippen LogP contribution in [0.2, 0.25) is 0 Å². The van der Waals surface area contributed by atoms with Gasteiger partial charge >= 0.3 is 0 Å². The second kappa shape index (κ2) is 4.86. The van der Waals surface area contributed by atoms with Crippen LogP contribution < -0.4 is 0 Å². The molecular formula is C29H18O2. The molecule has 0 heterocycles. The Morgan fingerprint density at radius 3 is 1.45 bits per heavy atom. The second-order valence-corrected chi connectivity index (χ2v) is 9.53. The zero-order chi connectivity index (χ0) is 20.5. The van der Waals surface area contributed by atoms with Gasteiger partial charge < -0.3 is 0 Å². The maximum absolute atomic E-state index is 14.5. The van der Waals surface area contributed by atoms with Crippen molar-refractivity contribution in [3.05, 3.63) is 107 Å². The number of carbonyl (C=O) groups is 2. The van der Waals surface area contributed by atoms with Gasteiger partial charge in [-0.1, -0.05) is 84.9 Å². The smallest absolute Gasteiger partial charge is 0.176 e. The van der Waals surface area contributed by atoms with Crippen LogP contribution in [-0.4, -0.2) is 11.6 Å². The highest BCUT2D eigenvalue weighted by molar-refractivity contribution is 6.30. The molecule has 146 valence electrons. The molecule has 0 amide bonds. The molecule has 0 aromatic heterocycles. The maximum atomic E-state index is 14.5. The summed E-state index contributed by atoms with van der Waals surface area (Å²) in [5.74, 6) is 0.344. The molecule has 4 aromatic carbocycles. The van der Waals surface area contributed by atoms with E-state index < -0.39 is 10.8 Å². The molecule has 0 unspecified atom stereocenters. The van der Waals surface area contributed by atoms with Crippen molar-refractivity contribution < 1.29 is 9.59 Å². The van der Waals surface area contributed by atoms with Crippen LogP contribution in [0.5, 0.6) is 0 Å². The summed E-state index contributed by atoms with van der Waals surface area (Å²) in [7, 11) is 0. The molecule has 4 aromatic rings. The van der Waals surface area contributed by atoms with Crippen LogP contribution in [-0.2, 0) is 10.8 Å². The van der Waals surface area contributed by atoms with E-state index in [4.69, 9.17) is 0 Å². The number of rotatable bonds is 0. The van der Waals surface area contributed by atoms with Crippen molar-refractivity contribution in [1.82, 2.24) is 0 Å². The standard InChI is InChI=1S/C29H18O2/c30-26-20-9-1-5-16-7-3-11-22(24(16)20)28(26)18-13-14-19(15-18)29(28)23-12-4-8-17-6-2-10-21(25(17)23)27(29)31/h1-14,18-19H,15H2/t18-,19+,28-,29-/m1/s1. The molecule has 2 heteroatoms. The molecule has 1 saturated carbocycles. The number of fused-ring (bicyclic) bond motifs is 7. The molecule has 0 N–H and O–H groups in total. The Morgan fingerprint density at radius 1 is 0.581 bits per heavy atom. The van der Waals surface area contributed by atoms with Gasteiger partial charge in [0.05, 0.1) is 10.8 Å². The van der Waals surface area contributed by atoms with Gasteiger partial charge in [-0.15, -0.1) is 0 Å². The predicted octanol–water partition coefficient (Wildman–Crippen LogP) is 5.77. The van der Waals surface area contributed by atoms with E-state index in [1.807, 2.05) is 24.3 Å². The Balaban J connectivity index is 1.60. The van der Waals surface area contributed by atoms with E-state index in [0.29, 0.717) is 0 Å². The van der Waals surface area contributed by atoms with Gasteiger partial charge in [-0.3, -0.25) is 9.59 Å². The number of allylic oxidation sites excluding steroid dienone is 2. The number of carbonyl (C=O) groups excluding carboxylic acids is 2. The lowest BCUT2D eigenvalue weighted by molar-refractivity contribution is 0.0651. The fourth-order valence-corrected chi connectivity index (χ4v) is 7.83. The number of hydrogen-bond donors (Lipinski definition) is 0. The minimum absolute atomic E-state index is 0.0384. The summed E-state index contributed by atoms with van der Waals surface area (Å²) in [6.45, 7) is 0. The molecule has 8 rings (SSSR count). The fraction of sp³-hybridized carbons (Fsp3) is 0.172. The summed E-state index contributed by atoms with van der Waals surface area (Å²) >= 11 is 0. The second-order valence-electron chi connectivity index (χ2n) is 9.53. The van der Waals surface area contributed by atoms with E-state index in [1.54, 1.807) is 0 Å². The Kier molecular flexibility index (Phi) is 2.54. The van der Waals surface area contributed by atoms with E-state index in [-0.39, 0.29) is 23.4 Å². The average Bonchev–Trinajstić information content (AvgIpc) is 3.52. The van der Waals surface area contributed by atoms with Crippen LogP contribution in [0.4, 0.5) is 0 Å². The monoisotopic (exact) mass is 398 g/mol. The average molecular weight is 398 g/mol. The van der Waals surface area contributed by atoms with Gasteiger partial charge in [-0.25, -0.2) is 0 Å². The third-order valence-corrected chi connectivity index (χ3v) is 8.68. The molecule has 2 nitrogen and oxygen atoms in total. The highest BCUT2D eigenvalue weighted by atomic mass is 16.1. The molecule has 4 atom stereocenters. The third kappa shape index (κ3) is 1.40. The highest BCUT2D eigenvalue weighted by Crippen LogP contribution is 2.72. The molecule has 2 bridgehead atoms. The first-order valence-electron chi connectivity index (χ1n) is 11.0. The van der Waals surface area contributed by atoms with Crippen LogP contribution in [0.3, 0.4) is 0 Å². The minimum Gasteiger partial charge on any atom is -0.293 e. The van der Waals surface area contributed by atoms with Crippen molar-refractivity contribution in [3.8, 4) is 0 Å². The first-order chi connectivity index (χ1) is 15.2. The van der Waals surface area contributed by atoms with Gasteiger partial charge in [-0.2, -0.15) is 0 Å². The fourth-order valence-electron chi connectivity index (χ4n) is 7.83. The number of hydrogen-bond acceptors (Lipinski definition) is 2. The summed E-state index contributed by atoms with van der Waals surface area (Å²) in [4.78, 5) is 29.0. The zero-order valence-corrected chi connectivity index (χ0v) is 16.8. The van der Waals surface area contributed by atoms with Crippen molar-refractivity contribution in [2.45, 2.75) is 17.3 Å². The Morgan fingerprint density at radius 2 is 1.00 bits per heavy atom. The highest BCUT2D eigenvalue weighted by Gasteiger charge is 2.76. The van der Waals surface area contributed by atoms with Crippen LogP contribution in [0.1, 0.15) is 38.3 Å². The Bertz CT molecular complexity index is 1450. The molecule has 2 spiro atoms. The number of ketones is 2. The van der Waals surface area contributed by atoms with E-state index in [0.717, 1.165) is 50.2 Å². The van der Waals surface area contributed by atoms with Gasteiger partial charge in [0.15, 0.2) is 11.6 Å². The van der Waals surface area contributed by atoms with E-state index >= 15 is 0 Å². The zero-order valence-electron chi connectivity index (χ0n) is 16.8. The van der Waals surface area contributed by atoms with Crippen molar-refractivity contribution in [1.29, 1.82) is 0 Å². The maximum Gasteiger partial charge on any atom is 0.176 e. The van der Waals surface area contributed by atoms with Crippen molar-refractivity contribution in [2.24, 2.45) is 11.8 Å². The summed E-state index contributed by atoms with van der Waals surface area (Å²) in [6.07, 6.45) is 5.29. The number of benzene rings is 4. The van der Waals surface area contributed by atoms with E-state index in [1.165, 1.54) is 0 Å². The van der Waals surface area contributed by atoms with E-state index in [9.17, 15) is 9.59 Å². The molecule has 0 radical (unpaired) electrons. The summed E-state index contributed by atoms with van der Waals surface area (Å²) in [6, 6.07) is 24.5. The molecule has 4 aliphatic carbocycles. The molecule has 31 heavy (non-hydrogen) atoms. The first kappa shape index (κ1) is 16.2. The summed E-state index contributed by atoms with van der Waals surface area (Å²) in [5, 5.41) is 4.27. The lowest BCUT2D eigenvalue weighted by atomic mass is 9.51. The Hall–Kier alpha value is -3.52. The minimum atomic E-state index is -0.861. The van der Waals surface area contributed by atoms with Gasteiger partial charge in [-0.05, 0) is 50.9 Å². The van der Waals surface area contributed by atoms with Gasteiger partial charge in [0, 0.05) is 11.1 Å². The molecule has 4 aliphatic rings. The first-order valence-corrected chi connectivity index (χ1v) is 11.0. The quantitative estimate of drug-likeness (QED) is 0.353. The SMILES string of the molecule is O=C1c2cccc3cccc(c23)[C@]12[C@@H]1C=C[C@@H](C1)[C@@]21C(=O)c2cccc3cccc1c23. The Labute approximate surface area is 179 Å². The van der Waals surface area contributed by atoms with Crippen LogP contribution in [0, 0.1) is 11.8 Å². The molecular weight excluding hydrogens is 380 g/mol. The van der Waals surface area contributed by atoms with Crippen LogP contribution in [0.15, 0.2) is 84.9 Å². The molecule has 0 saturated heterocycles. The van der Waals surface area contributed by atoms with Crippen molar-refractivity contribution >= 4 is 33.1 Å². The topological polar surface area (TPSA) is 34.1 Å². The van der Waals surface area contributed by atoms with Crippen molar-refractivity contribution in [3.63, 3.8) is 0 Å². The molecule has 1 fully saturated rings. The lowest BCUT2D eigenvalue weighted by Crippen LogP contribution is -2.58.